The van der Waals surface area contributed by atoms with E-state index in [1.54, 1.807) is 0 Å². The lowest BCUT2D eigenvalue weighted by molar-refractivity contribution is 0.219. The molecule has 0 spiro atoms. The molecule has 0 saturated carbocycles. The molecule has 0 aliphatic carbocycles. The first-order valence-electron chi connectivity index (χ1n) is 6.89. The first-order valence-corrected chi connectivity index (χ1v) is 7.27. The van der Waals surface area contributed by atoms with Crippen LogP contribution in [0.5, 0.6) is 0 Å². The Morgan fingerprint density at radius 2 is 2.05 bits per heavy atom. The van der Waals surface area contributed by atoms with Crippen LogP contribution in [0.2, 0.25) is 5.02 Å². The molecule has 2 N–H and O–H groups in total. The molecule has 0 aromatic heterocycles. The van der Waals surface area contributed by atoms with Crippen molar-refractivity contribution in [1.82, 2.24) is 9.80 Å². The zero-order valence-corrected chi connectivity index (χ0v) is 12.8. The molecule has 106 valence electrons. The Labute approximate surface area is 121 Å². The number of nitrogens with zero attached hydrogens (tertiary/aromatic N) is 2. The summed E-state index contributed by atoms with van der Waals surface area (Å²) in [7, 11) is 4.30. The van der Waals surface area contributed by atoms with Crippen molar-refractivity contribution in [3.05, 3.63) is 34.9 Å². The van der Waals surface area contributed by atoms with Gasteiger partial charge in [-0.3, -0.25) is 4.90 Å². The van der Waals surface area contributed by atoms with Crippen molar-refractivity contribution < 1.29 is 0 Å². The maximum absolute atomic E-state index is 6.32. The van der Waals surface area contributed by atoms with Crippen LogP contribution in [0.4, 0.5) is 0 Å². The highest BCUT2D eigenvalue weighted by Gasteiger charge is 2.35. The topological polar surface area (TPSA) is 32.5 Å². The average Bonchev–Trinajstić information content (AvgIpc) is 2.75. The van der Waals surface area contributed by atoms with E-state index in [2.05, 4.69) is 36.9 Å². The van der Waals surface area contributed by atoms with Gasteiger partial charge in [0, 0.05) is 36.7 Å². The van der Waals surface area contributed by atoms with E-state index >= 15 is 0 Å². The van der Waals surface area contributed by atoms with E-state index in [1.165, 1.54) is 0 Å². The van der Waals surface area contributed by atoms with Crippen molar-refractivity contribution in [2.75, 3.05) is 33.7 Å². The minimum absolute atomic E-state index is 0.223. The average molecular weight is 282 g/mol. The molecular weight excluding hydrogens is 258 g/mol. The van der Waals surface area contributed by atoms with Gasteiger partial charge in [-0.1, -0.05) is 36.7 Å². The van der Waals surface area contributed by atoms with Crippen molar-refractivity contribution in [2.45, 2.75) is 19.0 Å². The molecular formula is C15H24ClN3. The van der Waals surface area contributed by atoms with Gasteiger partial charge in [0.2, 0.25) is 0 Å². The Bertz CT molecular complexity index is 422. The van der Waals surface area contributed by atoms with E-state index in [-0.39, 0.29) is 6.04 Å². The SMILES string of the molecule is CC1CN(C(CN)c2ccccc2Cl)CC1N(C)C. The molecule has 1 heterocycles. The van der Waals surface area contributed by atoms with Gasteiger partial charge in [-0.25, -0.2) is 0 Å². The molecule has 0 amide bonds. The summed E-state index contributed by atoms with van der Waals surface area (Å²) in [5.74, 6) is 0.659. The maximum Gasteiger partial charge on any atom is 0.0485 e. The van der Waals surface area contributed by atoms with Crippen molar-refractivity contribution in [3.63, 3.8) is 0 Å². The fraction of sp³-hybridized carbons (Fsp3) is 0.600. The lowest BCUT2D eigenvalue weighted by Gasteiger charge is -2.28. The van der Waals surface area contributed by atoms with Crippen LogP contribution >= 0.6 is 11.6 Å². The summed E-state index contributed by atoms with van der Waals surface area (Å²) >= 11 is 6.32. The van der Waals surface area contributed by atoms with E-state index in [1.807, 2.05) is 18.2 Å². The third-order valence-electron chi connectivity index (χ3n) is 4.19. The normalized spacial score (nSPS) is 26.0. The molecule has 1 fully saturated rings. The highest BCUT2D eigenvalue weighted by atomic mass is 35.5. The van der Waals surface area contributed by atoms with Gasteiger partial charge in [0.15, 0.2) is 0 Å². The molecule has 3 nitrogen and oxygen atoms in total. The van der Waals surface area contributed by atoms with Crippen LogP contribution in [-0.4, -0.2) is 49.6 Å². The molecule has 1 aromatic rings. The lowest BCUT2D eigenvalue weighted by atomic mass is 10.1. The van der Waals surface area contributed by atoms with Gasteiger partial charge in [0.1, 0.15) is 0 Å². The quantitative estimate of drug-likeness (QED) is 0.919. The minimum Gasteiger partial charge on any atom is -0.329 e. The van der Waals surface area contributed by atoms with Gasteiger partial charge in [-0.2, -0.15) is 0 Å². The van der Waals surface area contributed by atoms with Crippen LogP contribution in [0.25, 0.3) is 0 Å². The van der Waals surface area contributed by atoms with Crippen molar-refractivity contribution in [3.8, 4) is 0 Å². The van der Waals surface area contributed by atoms with Gasteiger partial charge < -0.3 is 10.6 Å². The molecule has 0 bridgehead atoms. The zero-order chi connectivity index (χ0) is 14.0. The van der Waals surface area contributed by atoms with Crippen LogP contribution in [0.1, 0.15) is 18.5 Å². The molecule has 1 aliphatic heterocycles. The molecule has 1 saturated heterocycles. The van der Waals surface area contributed by atoms with Crippen LogP contribution in [-0.2, 0) is 0 Å². The summed E-state index contributed by atoms with van der Waals surface area (Å²) in [6.45, 7) is 5.05. The Morgan fingerprint density at radius 1 is 1.37 bits per heavy atom. The number of likely N-dealkylation sites (N-methyl/N-ethyl adjacent to an activating group) is 1. The van der Waals surface area contributed by atoms with E-state index in [4.69, 9.17) is 17.3 Å². The number of hydrogen-bond acceptors (Lipinski definition) is 3. The summed E-state index contributed by atoms with van der Waals surface area (Å²) < 4.78 is 0. The monoisotopic (exact) mass is 281 g/mol. The predicted molar refractivity (Wildman–Crippen MR) is 81.5 cm³/mol. The summed E-state index contributed by atoms with van der Waals surface area (Å²) in [5.41, 5.74) is 7.16. The van der Waals surface area contributed by atoms with Crippen molar-refractivity contribution >= 4 is 11.6 Å². The van der Waals surface area contributed by atoms with Crippen molar-refractivity contribution in [2.24, 2.45) is 11.7 Å². The second-order valence-corrected chi connectivity index (χ2v) is 6.14. The second-order valence-electron chi connectivity index (χ2n) is 5.74. The van der Waals surface area contributed by atoms with Gasteiger partial charge >= 0.3 is 0 Å². The van der Waals surface area contributed by atoms with Crippen LogP contribution in [0.15, 0.2) is 24.3 Å². The van der Waals surface area contributed by atoms with E-state index < -0.39 is 0 Å². The Balaban J connectivity index is 2.18. The molecule has 3 unspecified atom stereocenters. The highest BCUT2D eigenvalue weighted by molar-refractivity contribution is 6.31. The summed E-state index contributed by atoms with van der Waals surface area (Å²) in [5, 5.41) is 0.818. The minimum atomic E-state index is 0.223. The zero-order valence-electron chi connectivity index (χ0n) is 12.0. The molecule has 4 heteroatoms. The van der Waals surface area contributed by atoms with Gasteiger partial charge in [-0.05, 0) is 31.6 Å². The standard InChI is InChI=1S/C15H24ClN3/c1-11-9-19(10-15(11)18(2)3)14(8-17)12-6-4-5-7-13(12)16/h4-7,11,14-15H,8-10,17H2,1-3H3. The first kappa shape index (κ1) is 14.8. The summed E-state index contributed by atoms with van der Waals surface area (Å²) in [6, 6.07) is 8.86. The number of rotatable bonds is 4. The van der Waals surface area contributed by atoms with Gasteiger partial charge in [-0.15, -0.1) is 0 Å². The van der Waals surface area contributed by atoms with E-state index in [9.17, 15) is 0 Å². The number of benzene rings is 1. The number of halogens is 1. The third-order valence-corrected chi connectivity index (χ3v) is 4.54. The van der Waals surface area contributed by atoms with E-state index in [0.29, 0.717) is 18.5 Å². The fourth-order valence-corrected chi connectivity index (χ4v) is 3.39. The van der Waals surface area contributed by atoms with E-state index in [0.717, 1.165) is 23.7 Å². The highest BCUT2D eigenvalue weighted by Crippen LogP contribution is 2.32. The Kier molecular flexibility index (Phi) is 4.85. The second kappa shape index (κ2) is 6.23. The number of likely N-dealkylation sites (tertiary alicyclic amines) is 1. The molecule has 1 aromatic carbocycles. The predicted octanol–water partition coefficient (Wildman–Crippen LogP) is 2.22. The number of nitrogens with two attached hydrogens (primary N) is 1. The third kappa shape index (κ3) is 3.11. The van der Waals surface area contributed by atoms with Crippen LogP contribution in [0, 0.1) is 5.92 Å². The van der Waals surface area contributed by atoms with Gasteiger partial charge in [0.25, 0.3) is 0 Å². The fourth-order valence-electron chi connectivity index (χ4n) is 3.13. The molecule has 2 rings (SSSR count). The Morgan fingerprint density at radius 3 is 2.58 bits per heavy atom. The smallest absolute Gasteiger partial charge is 0.0485 e. The molecule has 19 heavy (non-hydrogen) atoms. The Hall–Kier alpha value is -0.610. The molecule has 3 atom stereocenters. The van der Waals surface area contributed by atoms with Crippen LogP contribution in [0.3, 0.4) is 0 Å². The van der Waals surface area contributed by atoms with Crippen LogP contribution < -0.4 is 5.73 Å². The maximum atomic E-state index is 6.32. The first-order chi connectivity index (χ1) is 9.04. The largest absolute Gasteiger partial charge is 0.329 e. The van der Waals surface area contributed by atoms with Gasteiger partial charge in [0.05, 0.1) is 0 Å². The molecule has 0 radical (unpaired) electrons. The molecule has 1 aliphatic rings. The summed E-state index contributed by atoms with van der Waals surface area (Å²) in [4.78, 5) is 4.78. The lowest BCUT2D eigenvalue weighted by Crippen LogP contribution is -2.36. The van der Waals surface area contributed by atoms with Crippen molar-refractivity contribution in [1.29, 1.82) is 0 Å². The summed E-state index contributed by atoms with van der Waals surface area (Å²) in [6.07, 6.45) is 0. The number of hydrogen-bond donors (Lipinski definition) is 1.